The number of rotatable bonds is 8. The van der Waals surface area contributed by atoms with Crippen LogP contribution >= 0.6 is 23.1 Å². The van der Waals surface area contributed by atoms with Gasteiger partial charge < -0.3 is 14.7 Å². The topological polar surface area (TPSA) is 101 Å². The van der Waals surface area contributed by atoms with E-state index in [1.165, 1.54) is 23.1 Å². The van der Waals surface area contributed by atoms with Crippen LogP contribution in [0.2, 0.25) is 0 Å². The highest BCUT2D eigenvalue weighted by molar-refractivity contribution is 8.00. The van der Waals surface area contributed by atoms with E-state index < -0.39 is 11.2 Å². The highest BCUT2D eigenvalue weighted by Gasteiger charge is 2.24. The molecule has 0 aliphatic carbocycles. The van der Waals surface area contributed by atoms with E-state index in [0.717, 1.165) is 15.8 Å². The van der Waals surface area contributed by atoms with E-state index in [1.54, 1.807) is 10.8 Å². The van der Waals surface area contributed by atoms with Gasteiger partial charge in [-0.15, -0.1) is 21.5 Å². The number of aromatic nitrogens is 4. The Morgan fingerprint density at radius 1 is 1.24 bits per heavy atom. The molecule has 0 bridgehead atoms. The Hall–Kier alpha value is -2.91. The number of aliphatic carboxylic acids is 1. The molecule has 7 nitrogen and oxygen atoms in total. The maximum atomic E-state index is 13.0. The van der Waals surface area contributed by atoms with Crippen molar-refractivity contribution in [1.29, 1.82) is 0 Å². The molecule has 0 aliphatic heterocycles. The molecule has 0 aliphatic rings. The molecule has 3 heterocycles. The lowest BCUT2D eigenvalue weighted by molar-refractivity contribution is -0.137. The number of H-pyrrole nitrogens is 1. The Bertz CT molecular complexity index is 1160. The summed E-state index contributed by atoms with van der Waals surface area (Å²) in [5, 5.41) is 20.6. The molecule has 1 unspecified atom stereocenters. The second-order valence-electron chi connectivity index (χ2n) is 6.45. The van der Waals surface area contributed by atoms with Crippen LogP contribution in [-0.2, 0) is 11.3 Å². The van der Waals surface area contributed by atoms with E-state index in [0.29, 0.717) is 16.5 Å². The van der Waals surface area contributed by atoms with Crippen LogP contribution in [-0.4, -0.2) is 41.9 Å². The molecule has 4 aromatic rings. The van der Waals surface area contributed by atoms with Gasteiger partial charge in [0.2, 0.25) is 0 Å². The van der Waals surface area contributed by atoms with Crippen molar-refractivity contribution in [3.63, 3.8) is 0 Å². The molecule has 0 radical (unpaired) electrons. The second kappa shape index (κ2) is 8.22. The summed E-state index contributed by atoms with van der Waals surface area (Å²) < 4.78 is 1.78. The molecule has 0 saturated carbocycles. The van der Waals surface area contributed by atoms with Crippen molar-refractivity contribution < 1.29 is 14.7 Å². The number of thioether (sulfide) groups is 1. The number of hydrogen-bond donors (Lipinski definition) is 2. The van der Waals surface area contributed by atoms with Gasteiger partial charge in [-0.2, -0.15) is 0 Å². The molecular formula is C20H18N4O3S2. The minimum atomic E-state index is -0.894. The number of carbonyl (C=O) groups is 2. The number of benzene rings is 1. The molecule has 0 saturated heterocycles. The Morgan fingerprint density at radius 2 is 2.07 bits per heavy atom. The molecule has 0 spiro atoms. The molecule has 0 amide bonds. The van der Waals surface area contributed by atoms with Crippen molar-refractivity contribution in [3.05, 3.63) is 53.5 Å². The predicted octanol–water partition coefficient (Wildman–Crippen LogP) is 4.33. The third kappa shape index (κ3) is 3.96. The number of nitrogens with one attached hydrogen (secondary N) is 1. The van der Waals surface area contributed by atoms with E-state index >= 15 is 0 Å². The molecule has 4 rings (SSSR count). The zero-order valence-corrected chi connectivity index (χ0v) is 17.2. The van der Waals surface area contributed by atoms with Gasteiger partial charge in [0.25, 0.3) is 0 Å². The molecule has 148 valence electrons. The Labute approximate surface area is 174 Å². The minimum absolute atomic E-state index is 0.0158. The summed E-state index contributed by atoms with van der Waals surface area (Å²) in [6.45, 7) is 2.07. The van der Waals surface area contributed by atoms with E-state index in [2.05, 4.69) is 15.2 Å². The zero-order chi connectivity index (χ0) is 20.4. The fraction of sp³-hybridized carbons (Fsp3) is 0.200. The van der Waals surface area contributed by atoms with Crippen molar-refractivity contribution in [1.82, 2.24) is 19.7 Å². The number of ketones is 1. The fourth-order valence-corrected chi connectivity index (χ4v) is 4.74. The summed E-state index contributed by atoms with van der Waals surface area (Å²) in [4.78, 5) is 28.2. The molecule has 1 aromatic carbocycles. The summed E-state index contributed by atoms with van der Waals surface area (Å²) >= 11 is 2.80. The standard InChI is InChI=1S/C20H18N4O3S2/c1-12(18(27)14-11-21-15-6-3-2-5-13(14)15)29-20-23-22-19(16-7-4-10-28-16)24(20)9-8-17(25)26/h2-7,10-12,21H,8-9H2,1H3,(H,25,26). The summed E-state index contributed by atoms with van der Waals surface area (Å²) in [5.41, 5.74) is 1.55. The molecule has 3 aromatic heterocycles. The largest absolute Gasteiger partial charge is 0.481 e. The van der Waals surface area contributed by atoms with Crippen LogP contribution in [0.3, 0.4) is 0 Å². The third-order valence-electron chi connectivity index (χ3n) is 4.51. The Balaban J connectivity index is 1.61. The normalized spacial score (nSPS) is 12.3. The Kier molecular flexibility index (Phi) is 5.50. The highest BCUT2D eigenvalue weighted by Crippen LogP contribution is 2.31. The quantitative estimate of drug-likeness (QED) is 0.321. The smallest absolute Gasteiger partial charge is 0.305 e. The van der Waals surface area contributed by atoms with Crippen molar-refractivity contribution in [2.24, 2.45) is 0 Å². The zero-order valence-electron chi connectivity index (χ0n) is 15.5. The molecule has 2 N–H and O–H groups in total. The summed E-state index contributed by atoms with van der Waals surface area (Å²) in [7, 11) is 0. The first-order valence-electron chi connectivity index (χ1n) is 9.00. The molecule has 29 heavy (non-hydrogen) atoms. The average Bonchev–Trinajstić information content (AvgIpc) is 3.45. The summed E-state index contributed by atoms with van der Waals surface area (Å²) in [6, 6.07) is 11.5. The fourth-order valence-electron chi connectivity index (χ4n) is 3.08. The maximum absolute atomic E-state index is 13.0. The van der Waals surface area contributed by atoms with Gasteiger partial charge in [-0.05, 0) is 24.4 Å². The monoisotopic (exact) mass is 426 g/mol. The molecule has 0 fully saturated rings. The van der Waals surface area contributed by atoms with E-state index in [4.69, 9.17) is 5.11 Å². The van der Waals surface area contributed by atoms with Gasteiger partial charge in [0.05, 0.1) is 16.5 Å². The molecule has 9 heteroatoms. The van der Waals surface area contributed by atoms with E-state index in [1.807, 2.05) is 48.7 Å². The number of carbonyl (C=O) groups excluding carboxylic acids is 1. The van der Waals surface area contributed by atoms with Crippen molar-refractivity contribution in [2.45, 2.75) is 30.3 Å². The number of Topliss-reactive ketones (excluding diaryl/α,β-unsaturated/α-hetero) is 1. The molecule has 1 atom stereocenters. The van der Waals surface area contributed by atoms with Gasteiger partial charge in [0, 0.05) is 29.2 Å². The average molecular weight is 427 g/mol. The number of nitrogens with zero attached hydrogens (tertiary/aromatic N) is 3. The first-order chi connectivity index (χ1) is 14.0. The number of carboxylic acid groups (broad SMARTS) is 1. The lowest BCUT2D eigenvalue weighted by Gasteiger charge is -2.12. The maximum Gasteiger partial charge on any atom is 0.305 e. The van der Waals surface area contributed by atoms with Crippen LogP contribution in [0.25, 0.3) is 21.6 Å². The first-order valence-corrected chi connectivity index (χ1v) is 10.8. The SMILES string of the molecule is CC(Sc1nnc(-c2cccs2)n1CCC(=O)O)C(=O)c1c[nH]c2ccccc12. The second-order valence-corrected chi connectivity index (χ2v) is 8.71. The third-order valence-corrected chi connectivity index (χ3v) is 6.46. The van der Waals surface area contributed by atoms with Crippen LogP contribution in [0.1, 0.15) is 23.7 Å². The number of fused-ring (bicyclic) bond motifs is 1. The van der Waals surface area contributed by atoms with Gasteiger partial charge in [-0.3, -0.25) is 9.59 Å². The van der Waals surface area contributed by atoms with Crippen molar-refractivity contribution in [3.8, 4) is 10.7 Å². The van der Waals surface area contributed by atoms with Gasteiger partial charge in [0.15, 0.2) is 16.8 Å². The number of thiophene rings is 1. The number of aromatic amines is 1. The summed E-state index contributed by atoms with van der Waals surface area (Å²) in [5.74, 6) is -0.289. The van der Waals surface area contributed by atoms with Crippen molar-refractivity contribution in [2.75, 3.05) is 0 Å². The summed E-state index contributed by atoms with van der Waals surface area (Å²) in [6.07, 6.45) is 1.69. The van der Waals surface area contributed by atoms with Crippen LogP contribution in [0, 0.1) is 0 Å². The number of carboxylic acids is 1. The predicted molar refractivity (Wildman–Crippen MR) is 114 cm³/mol. The Morgan fingerprint density at radius 3 is 2.83 bits per heavy atom. The molecular weight excluding hydrogens is 408 g/mol. The van der Waals surface area contributed by atoms with Crippen LogP contribution in [0.5, 0.6) is 0 Å². The van der Waals surface area contributed by atoms with Crippen LogP contribution in [0.4, 0.5) is 0 Å². The van der Waals surface area contributed by atoms with E-state index in [-0.39, 0.29) is 18.7 Å². The number of para-hydroxylation sites is 1. The van der Waals surface area contributed by atoms with Gasteiger partial charge in [0.1, 0.15) is 0 Å². The lowest BCUT2D eigenvalue weighted by Crippen LogP contribution is -2.15. The van der Waals surface area contributed by atoms with Gasteiger partial charge in [-0.1, -0.05) is 36.0 Å². The van der Waals surface area contributed by atoms with Gasteiger partial charge >= 0.3 is 5.97 Å². The van der Waals surface area contributed by atoms with Crippen molar-refractivity contribution >= 4 is 45.8 Å². The van der Waals surface area contributed by atoms with Crippen LogP contribution < -0.4 is 0 Å². The first kappa shape index (κ1) is 19.4. The van der Waals surface area contributed by atoms with E-state index in [9.17, 15) is 9.59 Å². The number of hydrogen-bond acceptors (Lipinski definition) is 6. The van der Waals surface area contributed by atoms with Crippen LogP contribution in [0.15, 0.2) is 53.1 Å². The minimum Gasteiger partial charge on any atom is -0.481 e. The van der Waals surface area contributed by atoms with Gasteiger partial charge in [-0.25, -0.2) is 0 Å². The highest BCUT2D eigenvalue weighted by atomic mass is 32.2. The lowest BCUT2D eigenvalue weighted by atomic mass is 10.1.